The average molecular weight is 458 g/mol. The first-order chi connectivity index (χ1) is 14.8. The third kappa shape index (κ3) is 6.63. The molecule has 8 heteroatoms. The standard InChI is InChI=1S/C23H27N3O3S2/c1-14(2)11-12-29-18-7-5-17(6-8-18)22(28)26-23-25-21(15(3)30-23)20-10-9-19(31-20)13-24-16(4)27/h5-10,14H,11-13H2,1-4H3,(H,24,27)(H,25,26,28). The molecule has 2 amide bonds. The number of rotatable bonds is 9. The Bertz CT molecular complexity index is 1040. The number of nitrogens with one attached hydrogen (secondary N) is 2. The molecule has 0 bridgehead atoms. The lowest BCUT2D eigenvalue weighted by molar-refractivity contribution is -0.119. The Hall–Kier alpha value is -2.71. The van der Waals surface area contributed by atoms with Crippen molar-refractivity contribution in [3.05, 3.63) is 51.7 Å². The summed E-state index contributed by atoms with van der Waals surface area (Å²) in [7, 11) is 0. The van der Waals surface area contributed by atoms with E-state index in [0.29, 0.717) is 29.8 Å². The summed E-state index contributed by atoms with van der Waals surface area (Å²) in [5.41, 5.74) is 1.41. The van der Waals surface area contributed by atoms with Crippen LogP contribution in [0.4, 0.5) is 5.13 Å². The highest BCUT2D eigenvalue weighted by Gasteiger charge is 2.15. The van der Waals surface area contributed by atoms with Crippen LogP contribution in [0.15, 0.2) is 36.4 Å². The molecule has 0 atom stereocenters. The summed E-state index contributed by atoms with van der Waals surface area (Å²) in [6.07, 6.45) is 0.993. The van der Waals surface area contributed by atoms with Crippen LogP contribution in [0.3, 0.4) is 0 Å². The summed E-state index contributed by atoms with van der Waals surface area (Å²) in [5.74, 6) is 1.10. The topological polar surface area (TPSA) is 80.3 Å². The van der Waals surface area contributed by atoms with Gasteiger partial charge in [-0.3, -0.25) is 14.9 Å². The molecule has 3 rings (SSSR count). The summed E-state index contributed by atoms with van der Waals surface area (Å²) in [4.78, 5) is 31.4. The van der Waals surface area contributed by atoms with Crippen LogP contribution >= 0.6 is 22.7 Å². The lowest BCUT2D eigenvalue weighted by Gasteiger charge is -2.08. The summed E-state index contributed by atoms with van der Waals surface area (Å²) in [6, 6.07) is 11.1. The molecule has 0 aliphatic carbocycles. The highest BCUT2D eigenvalue weighted by atomic mass is 32.1. The van der Waals surface area contributed by atoms with Gasteiger partial charge in [-0.2, -0.15) is 0 Å². The van der Waals surface area contributed by atoms with Crippen LogP contribution < -0.4 is 15.4 Å². The number of carbonyl (C=O) groups is 2. The van der Waals surface area contributed by atoms with Crippen molar-refractivity contribution in [2.45, 2.75) is 40.7 Å². The van der Waals surface area contributed by atoms with Crippen molar-refractivity contribution in [1.29, 1.82) is 0 Å². The van der Waals surface area contributed by atoms with E-state index in [1.165, 1.54) is 18.3 Å². The number of amides is 2. The molecule has 2 N–H and O–H groups in total. The average Bonchev–Trinajstić information content (AvgIpc) is 3.32. The maximum absolute atomic E-state index is 12.6. The van der Waals surface area contributed by atoms with Crippen molar-refractivity contribution in [2.24, 2.45) is 5.92 Å². The van der Waals surface area contributed by atoms with Crippen molar-refractivity contribution in [1.82, 2.24) is 10.3 Å². The van der Waals surface area contributed by atoms with Gasteiger partial charge in [-0.25, -0.2) is 4.98 Å². The minimum atomic E-state index is -0.202. The van der Waals surface area contributed by atoms with Crippen LogP contribution in [0.2, 0.25) is 0 Å². The van der Waals surface area contributed by atoms with Crippen LogP contribution in [0.25, 0.3) is 10.6 Å². The second-order valence-corrected chi connectivity index (χ2v) is 9.98. The Labute approximate surface area is 190 Å². The van der Waals surface area contributed by atoms with Crippen molar-refractivity contribution >= 4 is 39.6 Å². The fourth-order valence-corrected chi connectivity index (χ4v) is 4.66. The number of nitrogens with zero attached hydrogens (tertiary/aromatic N) is 1. The molecular weight excluding hydrogens is 430 g/mol. The smallest absolute Gasteiger partial charge is 0.257 e. The molecular formula is C23H27N3O3S2. The van der Waals surface area contributed by atoms with E-state index in [0.717, 1.165) is 32.5 Å². The zero-order chi connectivity index (χ0) is 22.4. The Kier molecular flexibility index (Phi) is 7.81. The monoisotopic (exact) mass is 457 g/mol. The van der Waals surface area contributed by atoms with Gasteiger partial charge in [0.25, 0.3) is 5.91 Å². The fourth-order valence-electron chi connectivity index (χ4n) is 2.77. The van der Waals surface area contributed by atoms with Gasteiger partial charge in [0.05, 0.1) is 23.7 Å². The Balaban J connectivity index is 1.62. The van der Waals surface area contributed by atoms with Crippen molar-refractivity contribution < 1.29 is 14.3 Å². The number of aromatic nitrogens is 1. The van der Waals surface area contributed by atoms with Gasteiger partial charge >= 0.3 is 0 Å². The first kappa shape index (κ1) is 23.0. The van der Waals surface area contributed by atoms with E-state index in [9.17, 15) is 9.59 Å². The zero-order valence-electron chi connectivity index (χ0n) is 18.2. The predicted octanol–water partition coefficient (Wildman–Crippen LogP) is 5.49. The fraction of sp³-hybridized carbons (Fsp3) is 0.348. The normalized spacial score (nSPS) is 10.9. The second kappa shape index (κ2) is 10.5. The van der Waals surface area contributed by atoms with Crippen LogP contribution in [0.5, 0.6) is 5.75 Å². The largest absolute Gasteiger partial charge is 0.494 e. The van der Waals surface area contributed by atoms with Crippen molar-refractivity contribution in [3.8, 4) is 16.3 Å². The highest BCUT2D eigenvalue weighted by molar-refractivity contribution is 7.18. The molecule has 2 heterocycles. The molecule has 0 aliphatic heterocycles. The number of thiophene rings is 1. The van der Waals surface area contributed by atoms with Crippen molar-refractivity contribution in [3.63, 3.8) is 0 Å². The first-order valence-electron chi connectivity index (χ1n) is 10.2. The van der Waals surface area contributed by atoms with Crippen LogP contribution in [0.1, 0.15) is 47.3 Å². The number of thiazole rings is 1. The molecule has 0 saturated carbocycles. The molecule has 0 aliphatic rings. The van der Waals surface area contributed by atoms with Crippen LogP contribution in [-0.2, 0) is 11.3 Å². The molecule has 31 heavy (non-hydrogen) atoms. The molecule has 2 aromatic heterocycles. The van der Waals surface area contributed by atoms with E-state index in [1.807, 2.05) is 31.2 Å². The molecule has 164 valence electrons. The summed E-state index contributed by atoms with van der Waals surface area (Å²) < 4.78 is 5.71. The van der Waals surface area contributed by atoms with Crippen LogP contribution in [-0.4, -0.2) is 23.4 Å². The molecule has 3 aromatic rings. The maximum atomic E-state index is 12.6. The summed E-state index contributed by atoms with van der Waals surface area (Å²) >= 11 is 3.03. The molecule has 6 nitrogen and oxygen atoms in total. The number of carbonyl (C=O) groups excluding carboxylic acids is 2. The number of benzene rings is 1. The number of ether oxygens (including phenoxy) is 1. The summed E-state index contributed by atoms with van der Waals surface area (Å²) in [6.45, 7) is 8.97. The van der Waals surface area contributed by atoms with E-state index >= 15 is 0 Å². The lowest BCUT2D eigenvalue weighted by Crippen LogP contribution is -2.17. The van der Waals surface area contributed by atoms with Gasteiger partial charge in [0.2, 0.25) is 5.91 Å². The van der Waals surface area contributed by atoms with Gasteiger partial charge in [-0.15, -0.1) is 22.7 Å². The molecule has 0 fully saturated rings. The van der Waals surface area contributed by atoms with Gasteiger partial charge in [0.1, 0.15) is 5.75 Å². The van der Waals surface area contributed by atoms with Gasteiger partial charge < -0.3 is 10.1 Å². The van der Waals surface area contributed by atoms with E-state index < -0.39 is 0 Å². The minimum Gasteiger partial charge on any atom is -0.494 e. The SMILES string of the molecule is CC(=O)NCc1ccc(-c2nc(NC(=O)c3ccc(OCCC(C)C)cc3)sc2C)s1. The van der Waals surface area contributed by atoms with Crippen LogP contribution in [0, 0.1) is 12.8 Å². The van der Waals surface area contributed by atoms with E-state index in [2.05, 4.69) is 29.5 Å². The lowest BCUT2D eigenvalue weighted by atomic mass is 10.1. The minimum absolute atomic E-state index is 0.0556. The quantitative estimate of drug-likeness (QED) is 0.445. The Morgan fingerprint density at radius 1 is 1.10 bits per heavy atom. The molecule has 0 saturated heterocycles. The molecule has 0 spiro atoms. The Morgan fingerprint density at radius 3 is 2.52 bits per heavy atom. The molecule has 0 radical (unpaired) electrons. The summed E-state index contributed by atoms with van der Waals surface area (Å²) in [5, 5.41) is 6.25. The number of hydrogen-bond donors (Lipinski definition) is 2. The number of hydrogen-bond acceptors (Lipinski definition) is 6. The zero-order valence-corrected chi connectivity index (χ0v) is 19.8. The maximum Gasteiger partial charge on any atom is 0.257 e. The second-order valence-electron chi connectivity index (χ2n) is 7.61. The number of anilines is 1. The van der Waals surface area contributed by atoms with E-state index in [4.69, 9.17) is 4.74 Å². The highest BCUT2D eigenvalue weighted by Crippen LogP contribution is 2.34. The van der Waals surface area contributed by atoms with Gasteiger partial charge in [0.15, 0.2) is 5.13 Å². The first-order valence-corrected chi connectivity index (χ1v) is 11.8. The third-order valence-corrected chi connectivity index (χ3v) is 6.48. The predicted molar refractivity (Wildman–Crippen MR) is 127 cm³/mol. The van der Waals surface area contributed by atoms with Gasteiger partial charge in [-0.1, -0.05) is 13.8 Å². The number of aryl methyl sites for hydroxylation is 1. The van der Waals surface area contributed by atoms with E-state index in [-0.39, 0.29) is 11.8 Å². The van der Waals surface area contributed by atoms with E-state index in [1.54, 1.807) is 23.5 Å². The van der Waals surface area contributed by atoms with Crippen molar-refractivity contribution in [2.75, 3.05) is 11.9 Å². The molecule has 1 aromatic carbocycles. The Morgan fingerprint density at radius 2 is 1.84 bits per heavy atom. The molecule has 0 unspecified atom stereocenters. The van der Waals surface area contributed by atoms with Gasteiger partial charge in [-0.05, 0) is 55.7 Å². The van der Waals surface area contributed by atoms with Gasteiger partial charge in [0, 0.05) is 22.2 Å². The third-order valence-electron chi connectivity index (χ3n) is 4.50.